The molecular formula is C22H24N4O5S. The molecule has 4 rings (SSSR count). The van der Waals surface area contributed by atoms with Crippen molar-refractivity contribution < 1.29 is 22.8 Å². The third-order valence-corrected chi connectivity index (χ3v) is 7.90. The second kappa shape index (κ2) is 7.63. The molecule has 0 aliphatic carbocycles. The molecule has 4 amide bonds. The molecule has 0 bridgehead atoms. The quantitative estimate of drug-likeness (QED) is 0.669. The summed E-state index contributed by atoms with van der Waals surface area (Å²) in [6.45, 7) is 5.15. The van der Waals surface area contributed by atoms with Gasteiger partial charge in [-0.1, -0.05) is 31.2 Å². The van der Waals surface area contributed by atoms with E-state index >= 15 is 0 Å². The van der Waals surface area contributed by atoms with Crippen LogP contribution in [0.15, 0.2) is 53.4 Å². The highest BCUT2D eigenvalue weighted by atomic mass is 32.2. The molecule has 0 saturated carbocycles. The Morgan fingerprint density at radius 2 is 1.91 bits per heavy atom. The first-order valence-electron chi connectivity index (χ1n) is 10.3. The van der Waals surface area contributed by atoms with E-state index in [1.54, 1.807) is 26.0 Å². The number of sulfonamides is 1. The molecule has 168 valence electrons. The van der Waals surface area contributed by atoms with Crippen molar-refractivity contribution in [1.82, 2.24) is 15.8 Å². The highest BCUT2D eigenvalue weighted by Crippen LogP contribution is 2.36. The molecule has 2 aliphatic rings. The van der Waals surface area contributed by atoms with Crippen LogP contribution in [0.25, 0.3) is 0 Å². The number of benzene rings is 2. The molecule has 32 heavy (non-hydrogen) atoms. The monoisotopic (exact) mass is 456 g/mol. The molecular weight excluding hydrogens is 432 g/mol. The number of imide groups is 1. The topological polar surface area (TPSA) is 116 Å². The molecule has 0 spiro atoms. The molecule has 2 N–H and O–H groups in total. The van der Waals surface area contributed by atoms with Gasteiger partial charge in [0.25, 0.3) is 21.8 Å². The lowest BCUT2D eigenvalue weighted by Crippen LogP contribution is -2.48. The summed E-state index contributed by atoms with van der Waals surface area (Å²) in [5.74, 6) is -1.34. The Bertz CT molecular complexity index is 1230. The number of urea groups is 1. The number of para-hydroxylation sites is 1. The van der Waals surface area contributed by atoms with Gasteiger partial charge >= 0.3 is 6.03 Å². The molecule has 2 atom stereocenters. The van der Waals surface area contributed by atoms with Gasteiger partial charge < -0.3 is 5.32 Å². The van der Waals surface area contributed by atoms with Crippen molar-refractivity contribution in [3.8, 4) is 0 Å². The zero-order valence-electron chi connectivity index (χ0n) is 18.0. The molecule has 10 heteroatoms. The fraction of sp³-hybridized carbons (Fsp3) is 0.318. The normalized spacial score (nSPS) is 22.7. The smallest absolute Gasteiger partial charge is 0.322 e. The minimum atomic E-state index is -3.94. The number of rotatable bonds is 5. The van der Waals surface area contributed by atoms with E-state index in [1.807, 2.05) is 19.1 Å². The van der Waals surface area contributed by atoms with E-state index in [1.165, 1.54) is 28.6 Å². The van der Waals surface area contributed by atoms with Gasteiger partial charge in [0.05, 0.1) is 10.6 Å². The number of hydrogen-bond acceptors (Lipinski definition) is 5. The van der Waals surface area contributed by atoms with Gasteiger partial charge in [0.15, 0.2) is 0 Å². The highest BCUT2D eigenvalue weighted by Gasteiger charge is 2.47. The van der Waals surface area contributed by atoms with Crippen LogP contribution in [0, 0.1) is 0 Å². The highest BCUT2D eigenvalue weighted by molar-refractivity contribution is 7.92. The lowest BCUT2D eigenvalue weighted by atomic mass is 10.00. The number of hydrogen-bond donors (Lipinski definition) is 2. The van der Waals surface area contributed by atoms with E-state index in [0.29, 0.717) is 23.5 Å². The first-order valence-corrected chi connectivity index (χ1v) is 11.7. The van der Waals surface area contributed by atoms with Crippen LogP contribution in [-0.4, -0.2) is 42.9 Å². The Labute approximate surface area is 186 Å². The minimum Gasteiger partial charge on any atom is -0.322 e. The number of amides is 4. The summed E-state index contributed by atoms with van der Waals surface area (Å²) in [7, 11) is -3.94. The van der Waals surface area contributed by atoms with E-state index in [0.717, 1.165) is 5.56 Å². The molecule has 0 aromatic heterocycles. The van der Waals surface area contributed by atoms with Crippen LogP contribution in [0.3, 0.4) is 0 Å². The molecule has 9 nitrogen and oxygen atoms in total. The summed E-state index contributed by atoms with van der Waals surface area (Å²) in [6.07, 6.45) is 0.950. The van der Waals surface area contributed by atoms with Crippen LogP contribution in [-0.2, 0) is 21.2 Å². The largest absolute Gasteiger partial charge is 0.344 e. The molecule has 2 aromatic carbocycles. The maximum Gasteiger partial charge on any atom is 0.344 e. The van der Waals surface area contributed by atoms with E-state index < -0.39 is 33.4 Å². The molecule has 2 aliphatic heterocycles. The second-order valence-electron chi connectivity index (χ2n) is 8.21. The van der Waals surface area contributed by atoms with Gasteiger partial charge in [-0.25, -0.2) is 13.2 Å². The fourth-order valence-corrected chi connectivity index (χ4v) is 5.75. The van der Waals surface area contributed by atoms with Gasteiger partial charge in [-0.2, -0.15) is 5.01 Å². The molecule has 2 aromatic rings. The second-order valence-corrected chi connectivity index (χ2v) is 10.0. The molecule has 1 saturated heterocycles. The number of fused-ring (bicyclic) bond motifs is 1. The summed E-state index contributed by atoms with van der Waals surface area (Å²) in [5.41, 5.74) is 2.75. The number of nitrogens with zero attached hydrogens (tertiary/aromatic N) is 2. The minimum absolute atomic E-state index is 0.0110. The van der Waals surface area contributed by atoms with Crippen molar-refractivity contribution in [3.63, 3.8) is 0 Å². The van der Waals surface area contributed by atoms with Crippen LogP contribution in [0.4, 0.5) is 10.5 Å². The Morgan fingerprint density at radius 3 is 2.59 bits per heavy atom. The summed E-state index contributed by atoms with van der Waals surface area (Å²) in [4.78, 5) is 37.4. The average Bonchev–Trinajstić information content (AvgIpc) is 3.22. The fourth-order valence-electron chi connectivity index (χ4n) is 4.01. The zero-order valence-corrected chi connectivity index (χ0v) is 18.8. The first-order chi connectivity index (χ1) is 15.1. The Morgan fingerprint density at radius 1 is 1.19 bits per heavy atom. The standard InChI is InChI=1S/C22H24N4O5S/c1-4-22(3)20(28)25(21(29)23-22)24-19(27)16-9-7-10-17(13-16)32(30,31)26-14(2)12-15-8-5-6-11-18(15)26/h5-11,13-14H,4,12H2,1-3H3,(H,23,29)(H,24,27)/t14-,22-/m1/s1. The van der Waals surface area contributed by atoms with Gasteiger partial charge in [0.2, 0.25) is 0 Å². The average molecular weight is 457 g/mol. The summed E-state index contributed by atoms with van der Waals surface area (Å²) < 4.78 is 28.2. The van der Waals surface area contributed by atoms with E-state index in [2.05, 4.69) is 10.7 Å². The van der Waals surface area contributed by atoms with Crippen molar-refractivity contribution in [2.45, 2.75) is 50.1 Å². The van der Waals surface area contributed by atoms with Crippen LogP contribution < -0.4 is 15.0 Å². The summed E-state index contributed by atoms with van der Waals surface area (Å²) in [5, 5.41) is 3.17. The van der Waals surface area contributed by atoms with Gasteiger partial charge in [0.1, 0.15) is 5.54 Å². The number of nitrogens with one attached hydrogen (secondary N) is 2. The van der Waals surface area contributed by atoms with E-state index in [4.69, 9.17) is 0 Å². The van der Waals surface area contributed by atoms with Gasteiger partial charge in [-0.05, 0) is 56.5 Å². The number of hydrazine groups is 1. The first kappa shape index (κ1) is 21.8. The number of anilines is 1. The van der Waals surface area contributed by atoms with E-state index in [-0.39, 0.29) is 16.5 Å². The summed E-state index contributed by atoms with van der Waals surface area (Å²) >= 11 is 0. The van der Waals surface area contributed by atoms with Crippen molar-refractivity contribution in [1.29, 1.82) is 0 Å². The van der Waals surface area contributed by atoms with Gasteiger partial charge in [0, 0.05) is 11.6 Å². The van der Waals surface area contributed by atoms with Crippen LogP contribution in [0.2, 0.25) is 0 Å². The third-order valence-electron chi connectivity index (χ3n) is 5.98. The lowest BCUT2D eigenvalue weighted by Gasteiger charge is -2.24. The Kier molecular flexibility index (Phi) is 5.20. The Balaban J connectivity index is 1.61. The van der Waals surface area contributed by atoms with Crippen molar-refractivity contribution in [2.24, 2.45) is 0 Å². The Hall–Kier alpha value is -3.40. The predicted octanol–water partition coefficient (Wildman–Crippen LogP) is 2.19. The SMILES string of the molecule is CC[C@@]1(C)NC(=O)N(NC(=O)c2cccc(S(=O)(=O)N3c4ccccc4C[C@H]3C)c2)C1=O. The lowest BCUT2D eigenvalue weighted by molar-refractivity contribution is -0.132. The third kappa shape index (κ3) is 3.40. The maximum atomic E-state index is 13.4. The number of carbonyl (C=O) groups excluding carboxylic acids is 3. The van der Waals surface area contributed by atoms with Crippen molar-refractivity contribution in [3.05, 3.63) is 59.7 Å². The van der Waals surface area contributed by atoms with Crippen LogP contribution in [0.5, 0.6) is 0 Å². The number of carbonyl (C=O) groups is 3. The van der Waals surface area contributed by atoms with Crippen LogP contribution in [0.1, 0.15) is 43.1 Å². The molecule has 0 radical (unpaired) electrons. The van der Waals surface area contributed by atoms with Crippen LogP contribution >= 0.6 is 0 Å². The van der Waals surface area contributed by atoms with Gasteiger partial charge in [-0.15, -0.1) is 0 Å². The predicted molar refractivity (Wildman–Crippen MR) is 117 cm³/mol. The maximum absolute atomic E-state index is 13.4. The van der Waals surface area contributed by atoms with Crippen molar-refractivity contribution >= 4 is 33.6 Å². The zero-order chi connectivity index (χ0) is 23.3. The van der Waals surface area contributed by atoms with Crippen molar-refractivity contribution in [2.75, 3.05) is 4.31 Å². The molecule has 0 unspecified atom stereocenters. The summed E-state index contributed by atoms with van der Waals surface area (Å²) in [6, 6.07) is 11.8. The van der Waals surface area contributed by atoms with Gasteiger partial charge in [-0.3, -0.25) is 19.3 Å². The van der Waals surface area contributed by atoms with E-state index in [9.17, 15) is 22.8 Å². The molecule has 2 heterocycles. The molecule has 1 fully saturated rings.